The molecule has 0 saturated heterocycles. The zero-order valence-electron chi connectivity index (χ0n) is 15.6. The second-order valence-electron chi connectivity index (χ2n) is 6.29. The molecule has 1 aromatic heterocycles. The highest BCUT2D eigenvalue weighted by molar-refractivity contribution is 6.31. The van der Waals surface area contributed by atoms with Gasteiger partial charge < -0.3 is 10.6 Å². The number of halogens is 1. The summed E-state index contributed by atoms with van der Waals surface area (Å²) < 4.78 is 0. The van der Waals surface area contributed by atoms with E-state index in [2.05, 4.69) is 20.6 Å². The van der Waals surface area contributed by atoms with E-state index in [4.69, 9.17) is 11.6 Å². The highest BCUT2D eigenvalue weighted by atomic mass is 35.5. The van der Waals surface area contributed by atoms with Gasteiger partial charge in [0.1, 0.15) is 0 Å². The molecule has 0 aliphatic carbocycles. The van der Waals surface area contributed by atoms with Gasteiger partial charge in [-0.1, -0.05) is 24.6 Å². The Morgan fingerprint density at radius 1 is 1.08 bits per heavy atom. The number of aromatic nitrogens is 2. The Hall–Kier alpha value is -2.47. The van der Waals surface area contributed by atoms with Crippen molar-refractivity contribution < 1.29 is 9.59 Å². The van der Waals surface area contributed by atoms with Gasteiger partial charge in [-0.15, -0.1) is 0 Å². The first kappa shape index (κ1) is 19.8. The Morgan fingerprint density at radius 2 is 1.65 bits per heavy atom. The topological polar surface area (TPSA) is 84.0 Å². The molecule has 26 heavy (non-hydrogen) atoms. The SMILES string of the molecule is CC[C@@H](C)NC(=O)c1nc(C)c(C)nc1C(=O)Nc1cc(Cl)ccc1C. The van der Waals surface area contributed by atoms with Gasteiger partial charge in [0.15, 0.2) is 11.4 Å². The summed E-state index contributed by atoms with van der Waals surface area (Å²) in [4.78, 5) is 34.0. The maximum absolute atomic E-state index is 12.8. The molecule has 1 atom stereocenters. The molecule has 1 aromatic carbocycles. The summed E-state index contributed by atoms with van der Waals surface area (Å²) in [6.07, 6.45) is 0.771. The highest BCUT2D eigenvalue weighted by Crippen LogP contribution is 2.21. The van der Waals surface area contributed by atoms with Crippen LogP contribution in [-0.2, 0) is 0 Å². The maximum Gasteiger partial charge on any atom is 0.276 e. The maximum atomic E-state index is 12.8. The number of anilines is 1. The Morgan fingerprint density at radius 3 is 2.23 bits per heavy atom. The summed E-state index contributed by atoms with van der Waals surface area (Å²) in [6.45, 7) is 9.22. The standard InChI is InChI=1S/C19H23ClN4O2/c1-6-11(3)21-18(25)16-17(23-13(5)12(4)22-16)19(26)24-15-9-14(20)8-7-10(15)2/h7-9,11H,6H2,1-5H3,(H,21,25)(H,24,26)/t11-/m1/s1. The molecule has 2 rings (SSSR count). The van der Waals surface area contributed by atoms with Crippen LogP contribution >= 0.6 is 11.6 Å². The Labute approximate surface area is 158 Å². The normalized spacial score (nSPS) is 11.8. The fraction of sp³-hybridized carbons (Fsp3) is 0.368. The smallest absolute Gasteiger partial charge is 0.276 e. The third-order valence-corrected chi connectivity index (χ3v) is 4.41. The van der Waals surface area contributed by atoms with Gasteiger partial charge in [-0.25, -0.2) is 9.97 Å². The molecule has 0 aliphatic rings. The van der Waals surface area contributed by atoms with E-state index in [1.807, 2.05) is 20.8 Å². The lowest BCUT2D eigenvalue weighted by Gasteiger charge is -2.15. The van der Waals surface area contributed by atoms with Crippen molar-refractivity contribution in [1.29, 1.82) is 0 Å². The van der Waals surface area contributed by atoms with Crippen LogP contribution in [0.2, 0.25) is 5.02 Å². The number of carbonyl (C=O) groups excluding carboxylic acids is 2. The Bertz CT molecular complexity index is 852. The molecular formula is C19H23ClN4O2. The zero-order valence-corrected chi connectivity index (χ0v) is 16.4. The number of hydrogen-bond acceptors (Lipinski definition) is 4. The molecule has 0 unspecified atom stereocenters. The van der Waals surface area contributed by atoms with Crippen molar-refractivity contribution in [3.63, 3.8) is 0 Å². The number of rotatable bonds is 5. The van der Waals surface area contributed by atoms with Crippen LogP contribution in [0.3, 0.4) is 0 Å². The minimum absolute atomic E-state index is 0.00622. The second kappa shape index (κ2) is 8.27. The number of carbonyl (C=O) groups is 2. The largest absolute Gasteiger partial charge is 0.348 e. The van der Waals surface area contributed by atoms with Crippen LogP contribution in [0.4, 0.5) is 5.69 Å². The lowest BCUT2D eigenvalue weighted by Crippen LogP contribution is -2.35. The summed E-state index contributed by atoms with van der Waals surface area (Å²) in [5.74, 6) is -0.914. The molecule has 0 saturated carbocycles. The van der Waals surface area contributed by atoms with Crippen LogP contribution in [-0.4, -0.2) is 27.8 Å². The van der Waals surface area contributed by atoms with Crippen molar-refractivity contribution in [2.75, 3.05) is 5.32 Å². The first-order valence-electron chi connectivity index (χ1n) is 8.46. The van der Waals surface area contributed by atoms with Crippen LogP contribution < -0.4 is 10.6 Å². The average molecular weight is 375 g/mol. The second-order valence-corrected chi connectivity index (χ2v) is 6.72. The van der Waals surface area contributed by atoms with Gasteiger partial charge in [0.2, 0.25) is 0 Å². The average Bonchev–Trinajstić information content (AvgIpc) is 2.59. The van der Waals surface area contributed by atoms with E-state index in [1.54, 1.807) is 32.0 Å². The summed E-state index contributed by atoms with van der Waals surface area (Å²) in [5, 5.41) is 6.11. The molecule has 2 aromatic rings. The van der Waals surface area contributed by atoms with E-state index in [0.717, 1.165) is 12.0 Å². The van der Waals surface area contributed by atoms with E-state index < -0.39 is 11.8 Å². The van der Waals surface area contributed by atoms with Crippen LogP contribution in [0.5, 0.6) is 0 Å². The number of aryl methyl sites for hydroxylation is 3. The van der Waals surface area contributed by atoms with Crippen LogP contribution in [0.1, 0.15) is 58.2 Å². The highest BCUT2D eigenvalue weighted by Gasteiger charge is 2.23. The number of hydrogen-bond donors (Lipinski definition) is 2. The summed E-state index contributed by atoms with van der Waals surface area (Å²) in [6, 6.07) is 5.17. The molecule has 0 bridgehead atoms. The van der Waals surface area contributed by atoms with Crippen molar-refractivity contribution >= 4 is 29.1 Å². The first-order valence-corrected chi connectivity index (χ1v) is 8.84. The molecule has 2 amide bonds. The number of amides is 2. The molecule has 138 valence electrons. The van der Waals surface area contributed by atoms with Gasteiger partial charge in [0, 0.05) is 16.8 Å². The van der Waals surface area contributed by atoms with Crippen molar-refractivity contribution in [2.24, 2.45) is 0 Å². The van der Waals surface area contributed by atoms with E-state index in [-0.39, 0.29) is 17.4 Å². The summed E-state index contributed by atoms with van der Waals surface area (Å²) in [7, 11) is 0. The van der Waals surface area contributed by atoms with Gasteiger partial charge in [-0.05, 0) is 51.8 Å². The molecular weight excluding hydrogens is 352 g/mol. The fourth-order valence-electron chi connectivity index (χ4n) is 2.22. The van der Waals surface area contributed by atoms with Crippen LogP contribution in [0, 0.1) is 20.8 Å². The molecule has 0 radical (unpaired) electrons. The van der Waals surface area contributed by atoms with Gasteiger partial charge >= 0.3 is 0 Å². The lowest BCUT2D eigenvalue weighted by molar-refractivity contribution is 0.0920. The van der Waals surface area contributed by atoms with Crippen molar-refractivity contribution in [1.82, 2.24) is 15.3 Å². The molecule has 0 fully saturated rings. The zero-order chi connectivity index (χ0) is 19.4. The van der Waals surface area contributed by atoms with E-state index in [0.29, 0.717) is 22.1 Å². The molecule has 7 heteroatoms. The van der Waals surface area contributed by atoms with Gasteiger partial charge in [-0.3, -0.25) is 9.59 Å². The van der Waals surface area contributed by atoms with E-state index in [1.165, 1.54) is 0 Å². The van der Waals surface area contributed by atoms with Gasteiger partial charge in [0.05, 0.1) is 11.4 Å². The van der Waals surface area contributed by atoms with Crippen molar-refractivity contribution in [2.45, 2.75) is 47.1 Å². The van der Waals surface area contributed by atoms with Gasteiger partial charge in [0.25, 0.3) is 11.8 Å². The van der Waals surface area contributed by atoms with E-state index >= 15 is 0 Å². The Balaban J connectivity index is 2.40. The monoisotopic (exact) mass is 374 g/mol. The van der Waals surface area contributed by atoms with Crippen LogP contribution in [0.15, 0.2) is 18.2 Å². The third-order valence-electron chi connectivity index (χ3n) is 4.17. The predicted molar refractivity (Wildman–Crippen MR) is 103 cm³/mol. The summed E-state index contributed by atoms with van der Waals surface area (Å²) >= 11 is 6.00. The third kappa shape index (κ3) is 4.58. The van der Waals surface area contributed by atoms with Crippen molar-refractivity contribution in [3.05, 3.63) is 51.6 Å². The number of nitrogens with zero attached hydrogens (tertiary/aromatic N) is 2. The molecule has 2 N–H and O–H groups in total. The van der Waals surface area contributed by atoms with Crippen LogP contribution in [0.25, 0.3) is 0 Å². The molecule has 1 heterocycles. The summed E-state index contributed by atoms with van der Waals surface area (Å²) in [5.41, 5.74) is 2.63. The number of benzene rings is 1. The molecule has 0 aliphatic heterocycles. The molecule has 6 nitrogen and oxygen atoms in total. The van der Waals surface area contributed by atoms with Crippen molar-refractivity contribution in [3.8, 4) is 0 Å². The predicted octanol–water partition coefficient (Wildman–Crippen LogP) is 3.84. The fourth-order valence-corrected chi connectivity index (χ4v) is 2.40. The minimum atomic E-state index is -0.500. The first-order chi connectivity index (χ1) is 12.2. The number of nitrogens with one attached hydrogen (secondary N) is 2. The lowest BCUT2D eigenvalue weighted by atomic mass is 10.1. The Kier molecular flexibility index (Phi) is 6.32. The molecule has 0 spiro atoms. The minimum Gasteiger partial charge on any atom is -0.348 e. The quantitative estimate of drug-likeness (QED) is 0.832. The van der Waals surface area contributed by atoms with Gasteiger partial charge in [-0.2, -0.15) is 0 Å². The van der Waals surface area contributed by atoms with E-state index in [9.17, 15) is 9.59 Å².